The van der Waals surface area contributed by atoms with Crippen molar-refractivity contribution in [3.63, 3.8) is 0 Å². The van der Waals surface area contributed by atoms with Crippen molar-refractivity contribution in [1.82, 2.24) is 5.32 Å². The molecule has 0 saturated heterocycles. The molecule has 96 valence electrons. The van der Waals surface area contributed by atoms with E-state index in [4.69, 9.17) is 0 Å². The van der Waals surface area contributed by atoms with E-state index in [1.165, 1.54) is 11.3 Å². The summed E-state index contributed by atoms with van der Waals surface area (Å²) in [6.07, 6.45) is 0. The van der Waals surface area contributed by atoms with Gasteiger partial charge in [0, 0.05) is 11.4 Å². The Morgan fingerprint density at radius 2 is 1.89 bits per heavy atom. The van der Waals surface area contributed by atoms with Crippen LogP contribution in [0.15, 0.2) is 47.8 Å². The van der Waals surface area contributed by atoms with Gasteiger partial charge in [-0.2, -0.15) is 0 Å². The maximum atomic E-state index is 11.5. The molecule has 3 N–H and O–H groups in total. The zero-order valence-corrected chi connectivity index (χ0v) is 11.3. The maximum Gasteiger partial charge on any atom is 0.347 e. The standard InChI is InChI=1S/C12H14NO3PS/c14-17(15,16)12(11-7-4-8-18-11)13-9-10-5-2-1-3-6-10/h1-8,12-13H,9H2,(H2,14,15,16). The van der Waals surface area contributed by atoms with E-state index < -0.39 is 13.4 Å². The molecule has 0 radical (unpaired) electrons. The van der Waals surface area contributed by atoms with E-state index in [0.29, 0.717) is 11.4 Å². The van der Waals surface area contributed by atoms with Crippen molar-refractivity contribution < 1.29 is 14.4 Å². The van der Waals surface area contributed by atoms with Crippen molar-refractivity contribution in [2.45, 2.75) is 12.3 Å². The van der Waals surface area contributed by atoms with Gasteiger partial charge in [-0.15, -0.1) is 11.3 Å². The molecule has 2 rings (SSSR count). The van der Waals surface area contributed by atoms with E-state index in [1.807, 2.05) is 35.7 Å². The SMILES string of the molecule is O=P(O)(O)C(NCc1ccccc1)c1cccs1. The molecule has 2 aromatic rings. The molecule has 0 aliphatic carbocycles. The summed E-state index contributed by atoms with van der Waals surface area (Å²) in [7, 11) is -4.20. The lowest BCUT2D eigenvalue weighted by atomic mass is 10.2. The van der Waals surface area contributed by atoms with Crippen LogP contribution in [0.5, 0.6) is 0 Å². The fraction of sp³-hybridized carbons (Fsp3) is 0.167. The third-order valence-corrected chi connectivity index (χ3v) is 4.74. The van der Waals surface area contributed by atoms with E-state index in [-0.39, 0.29) is 0 Å². The van der Waals surface area contributed by atoms with Crippen molar-refractivity contribution in [2.24, 2.45) is 0 Å². The van der Waals surface area contributed by atoms with Crippen LogP contribution in [0.1, 0.15) is 16.2 Å². The minimum absolute atomic E-state index is 0.425. The molecule has 1 atom stereocenters. The molecular formula is C12H14NO3PS. The quantitative estimate of drug-likeness (QED) is 0.738. The Morgan fingerprint density at radius 1 is 1.17 bits per heavy atom. The number of nitrogens with one attached hydrogen (secondary N) is 1. The molecule has 0 amide bonds. The predicted octanol–water partition coefficient (Wildman–Crippen LogP) is 2.71. The molecule has 0 aliphatic heterocycles. The van der Waals surface area contributed by atoms with Crippen LogP contribution in [0, 0.1) is 0 Å². The summed E-state index contributed by atoms with van der Waals surface area (Å²) in [6.45, 7) is 0.425. The fourth-order valence-electron chi connectivity index (χ4n) is 1.64. The van der Waals surface area contributed by atoms with Gasteiger partial charge in [-0.05, 0) is 17.0 Å². The van der Waals surface area contributed by atoms with Crippen molar-refractivity contribution >= 4 is 18.9 Å². The van der Waals surface area contributed by atoms with Gasteiger partial charge in [0.1, 0.15) is 5.78 Å². The average molecular weight is 283 g/mol. The van der Waals surface area contributed by atoms with E-state index >= 15 is 0 Å². The van der Waals surface area contributed by atoms with E-state index in [2.05, 4.69) is 5.32 Å². The summed E-state index contributed by atoms with van der Waals surface area (Å²) >= 11 is 1.34. The second-order valence-corrected chi connectivity index (χ2v) is 6.55. The molecule has 0 fully saturated rings. The third kappa shape index (κ3) is 3.51. The summed E-state index contributed by atoms with van der Waals surface area (Å²) in [6, 6.07) is 13.0. The summed E-state index contributed by atoms with van der Waals surface area (Å²) in [4.78, 5) is 19.4. The zero-order chi connectivity index (χ0) is 13.0. The molecule has 0 bridgehead atoms. The first-order valence-corrected chi connectivity index (χ1v) is 7.99. The molecule has 0 spiro atoms. The second-order valence-electron chi connectivity index (χ2n) is 3.87. The number of hydrogen-bond acceptors (Lipinski definition) is 3. The molecule has 1 aromatic carbocycles. The number of thiophene rings is 1. The lowest BCUT2D eigenvalue weighted by Gasteiger charge is -2.18. The summed E-state index contributed by atoms with van der Waals surface area (Å²) in [5, 5.41) is 4.73. The predicted molar refractivity (Wildman–Crippen MR) is 72.4 cm³/mol. The third-order valence-electron chi connectivity index (χ3n) is 2.49. The number of benzene rings is 1. The van der Waals surface area contributed by atoms with E-state index in [0.717, 1.165) is 5.56 Å². The summed E-state index contributed by atoms with van der Waals surface area (Å²) in [5.74, 6) is -0.933. The van der Waals surface area contributed by atoms with Gasteiger partial charge in [0.2, 0.25) is 0 Å². The molecule has 18 heavy (non-hydrogen) atoms. The lowest BCUT2D eigenvalue weighted by Crippen LogP contribution is -2.20. The van der Waals surface area contributed by atoms with Crippen LogP contribution in [-0.2, 0) is 11.1 Å². The van der Waals surface area contributed by atoms with Gasteiger partial charge < -0.3 is 9.79 Å². The van der Waals surface area contributed by atoms with Gasteiger partial charge in [0.05, 0.1) is 0 Å². The van der Waals surface area contributed by atoms with Crippen LogP contribution >= 0.6 is 18.9 Å². The first-order chi connectivity index (χ1) is 8.57. The Morgan fingerprint density at radius 3 is 2.44 bits per heavy atom. The monoisotopic (exact) mass is 283 g/mol. The van der Waals surface area contributed by atoms with Crippen molar-refractivity contribution in [3.8, 4) is 0 Å². The van der Waals surface area contributed by atoms with Crippen LogP contribution < -0.4 is 5.32 Å². The summed E-state index contributed by atoms with van der Waals surface area (Å²) < 4.78 is 11.5. The van der Waals surface area contributed by atoms with Crippen LogP contribution in [-0.4, -0.2) is 9.79 Å². The topological polar surface area (TPSA) is 69.6 Å². The highest BCUT2D eigenvalue weighted by molar-refractivity contribution is 7.52. The Kier molecular flexibility index (Phi) is 4.32. The molecule has 1 unspecified atom stereocenters. The van der Waals surface area contributed by atoms with Gasteiger partial charge in [-0.1, -0.05) is 36.4 Å². The zero-order valence-electron chi connectivity index (χ0n) is 9.56. The highest BCUT2D eigenvalue weighted by atomic mass is 32.1. The van der Waals surface area contributed by atoms with Crippen molar-refractivity contribution in [1.29, 1.82) is 0 Å². The molecule has 0 saturated carbocycles. The molecule has 1 heterocycles. The smallest absolute Gasteiger partial charge is 0.323 e. The van der Waals surface area contributed by atoms with Crippen LogP contribution in [0.3, 0.4) is 0 Å². The van der Waals surface area contributed by atoms with E-state index in [1.54, 1.807) is 12.1 Å². The first-order valence-electron chi connectivity index (χ1n) is 5.43. The normalized spacial score (nSPS) is 13.4. The lowest BCUT2D eigenvalue weighted by molar-refractivity contribution is 0.348. The number of rotatable bonds is 5. The van der Waals surface area contributed by atoms with Crippen LogP contribution in [0.2, 0.25) is 0 Å². The molecule has 0 aliphatic rings. The molecule has 1 aromatic heterocycles. The van der Waals surface area contributed by atoms with Gasteiger partial charge in [-0.3, -0.25) is 9.88 Å². The molecular weight excluding hydrogens is 269 g/mol. The first kappa shape index (κ1) is 13.5. The Bertz CT molecular complexity index is 524. The van der Waals surface area contributed by atoms with Gasteiger partial charge in [0.15, 0.2) is 0 Å². The Labute approximate surface area is 109 Å². The van der Waals surface area contributed by atoms with Gasteiger partial charge >= 0.3 is 7.60 Å². The Hall–Kier alpha value is -0.970. The highest BCUT2D eigenvalue weighted by Gasteiger charge is 2.30. The van der Waals surface area contributed by atoms with Crippen molar-refractivity contribution in [2.75, 3.05) is 0 Å². The molecule has 6 heteroatoms. The van der Waals surface area contributed by atoms with Gasteiger partial charge in [0.25, 0.3) is 0 Å². The minimum Gasteiger partial charge on any atom is -0.323 e. The molecule has 4 nitrogen and oxygen atoms in total. The Balaban J connectivity index is 2.10. The van der Waals surface area contributed by atoms with Crippen molar-refractivity contribution in [3.05, 3.63) is 58.3 Å². The van der Waals surface area contributed by atoms with Crippen LogP contribution in [0.4, 0.5) is 0 Å². The highest BCUT2D eigenvalue weighted by Crippen LogP contribution is 2.51. The van der Waals surface area contributed by atoms with Gasteiger partial charge in [-0.25, -0.2) is 0 Å². The fourth-order valence-corrected chi connectivity index (χ4v) is 3.67. The van der Waals surface area contributed by atoms with E-state index in [9.17, 15) is 14.4 Å². The van der Waals surface area contributed by atoms with Crippen LogP contribution in [0.25, 0.3) is 0 Å². The summed E-state index contributed by atoms with van der Waals surface area (Å²) in [5.41, 5.74) is 0.993. The largest absolute Gasteiger partial charge is 0.347 e. The minimum atomic E-state index is -4.20. The average Bonchev–Trinajstić information content (AvgIpc) is 2.82. The maximum absolute atomic E-state index is 11.5. The second kappa shape index (κ2) is 5.78. The number of hydrogen-bond donors (Lipinski definition) is 3.